The lowest BCUT2D eigenvalue weighted by molar-refractivity contribution is -0.394. The molecule has 0 saturated carbocycles. The van der Waals surface area contributed by atoms with Crippen molar-refractivity contribution >= 4 is 29.2 Å². The van der Waals surface area contributed by atoms with Crippen LogP contribution in [-0.2, 0) is 19.1 Å². The minimum atomic E-state index is -1.43. The Labute approximate surface area is 140 Å². The van der Waals surface area contributed by atoms with Crippen LogP contribution in [0.4, 0.5) is 11.4 Å². The molecule has 0 aliphatic heterocycles. The zero-order valence-electron chi connectivity index (χ0n) is 13.1. The van der Waals surface area contributed by atoms with E-state index in [0.717, 1.165) is 26.4 Å². The van der Waals surface area contributed by atoms with E-state index in [1.54, 1.807) is 0 Å². The third-order valence-corrected chi connectivity index (χ3v) is 2.98. The SMILES string of the molecule is COC(=O)C[C@@H](NC(=O)c1cc([N+](=O)[O-])cc([N+](=O)[O-])c1)C(=O)OC. The monoisotopic (exact) mass is 355 g/mol. The summed E-state index contributed by atoms with van der Waals surface area (Å²) in [6, 6.07) is 0.857. The lowest BCUT2D eigenvalue weighted by Gasteiger charge is -2.15. The van der Waals surface area contributed by atoms with E-state index in [2.05, 4.69) is 14.8 Å². The summed E-state index contributed by atoms with van der Waals surface area (Å²) in [6.45, 7) is 0. The van der Waals surface area contributed by atoms with E-state index in [-0.39, 0.29) is 0 Å². The molecule has 1 rings (SSSR count). The summed E-state index contributed by atoms with van der Waals surface area (Å²) in [5.41, 5.74) is -1.79. The van der Waals surface area contributed by atoms with Gasteiger partial charge in [0.15, 0.2) is 0 Å². The van der Waals surface area contributed by atoms with Gasteiger partial charge in [0.2, 0.25) is 0 Å². The van der Waals surface area contributed by atoms with E-state index in [9.17, 15) is 34.6 Å². The number of ether oxygens (including phenoxy) is 2. The summed E-state index contributed by atoms with van der Waals surface area (Å²) in [5, 5.41) is 23.8. The van der Waals surface area contributed by atoms with Crippen LogP contribution in [0.25, 0.3) is 0 Å². The predicted molar refractivity (Wildman–Crippen MR) is 79.7 cm³/mol. The fourth-order valence-electron chi connectivity index (χ4n) is 1.76. The molecule has 134 valence electrons. The molecule has 12 nitrogen and oxygen atoms in total. The minimum absolute atomic E-state index is 0.431. The van der Waals surface area contributed by atoms with Crippen molar-refractivity contribution in [3.05, 3.63) is 44.0 Å². The predicted octanol–water partition coefficient (Wildman–Crippen LogP) is 0.337. The van der Waals surface area contributed by atoms with Crippen LogP contribution >= 0.6 is 0 Å². The number of nitrogens with one attached hydrogen (secondary N) is 1. The number of methoxy groups -OCH3 is 2. The average Bonchev–Trinajstić information content (AvgIpc) is 2.59. The molecule has 0 aliphatic carbocycles. The van der Waals surface area contributed by atoms with Gasteiger partial charge in [0.05, 0.1) is 42.1 Å². The summed E-state index contributed by atoms with van der Waals surface area (Å²) in [6.07, 6.45) is -0.550. The molecule has 1 N–H and O–H groups in total. The van der Waals surface area contributed by atoms with Crippen molar-refractivity contribution in [2.75, 3.05) is 14.2 Å². The van der Waals surface area contributed by atoms with Crippen molar-refractivity contribution in [2.45, 2.75) is 12.5 Å². The molecule has 0 heterocycles. The van der Waals surface area contributed by atoms with Crippen molar-refractivity contribution in [3.63, 3.8) is 0 Å². The smallest absolute Gasteiger partial charge is 0.328 e. The lowest BCUT2D eigenvalue weighted by atomic mass is 10.1. The lowest BCUT2D eigenvalue weighted by Crippen LogP contribution is -2.43. The zero-order valence-corrected chi connectivity index (χ0v) is 13.1. The maximum absolute atomic E-state index is 12.2. The largest absolute Gasteiger partial charge is 0.469 e. The number of carbonyl (C=O) groups excluding carboxylic acids is 3. The normalized spacial score (nSPS) is 11.1. The van der Waals surface area contributed by atoms with Crippen molar-refractivity contribution in [2.24, 2.45) is 0 Å². The highest BCUT2D eigenvalue weighted by atomic mass is 16.6. The van der Waals surface area contributed by atoms with E-state index in [1.807, 2.05) is 0 Å². The highest BCUT2D eigenvalue weighted by molar-refractivity contribution is 5.98. The Kier molecular flexibility index (Phi) is 6.49. The Morgan fingerprint density at radius 1 is 1.04 bits per heavy atom. The number of hydrogen-bond acceptors (Lipinski definition) is 9. The number of hydrogen-bond donors (Lipinski definition) is 1. The maximum atomic E-state index is 12.2. The molecule has 0 spiro atoms. The molecule has 1 amide bonds. The molecule has 1 aromatic carbocycles. The average molecular weight is 355 g/mol. The van der Waals surface area contributed by atoms with Gasteiger partial charge in [-0.2, -0.15) is 0 Å². The fourth-order valence-corrected chi connectivity index (χ4v) is 1.76. The molecular weight excluding hydrogens is 342 g/mol. The summed E-state index contributed by atoms with van der Waals surface area (Å²) in [7, 11) is 2.10. The van der Waals surface area contributed by atoms with Crippen LogP contribution in [-0.4, -0.2) is 48.0 Å². The van der Waals surface area contributed by atoms with Gasteiger partial charge in [-0.25, -0.2) is 4.79 Å². The summed E-state index contributed by atoms with van der Waals surface area (Å²) < 4.78 is 8.83. The topological polar surface area (TPSA) is 168 Å². The van der Waals surface area contributed by atoms with Gasteiger partial charge in [-0.15, -0.1) is 0 Å². The quantitative estimate of drug-likeness (QED) is 0.411. The third-order valence-electron chi connectivity index (χ3n) is 2.98. The molecule has 0 bridgehead atoms. The Balaban J connectivity index is 3.15. The zero-order chi connectivity index (χ0) is 19.1. The number of nitro groups is 2. The number of rotatable bonds is 7. The standard InChI is InChI=1S/C13H13N3O9/c1-24-11(17)6-10(13(19)25-2)14-12(18)7-3-8(15(20)21)5-9(4-7)16(22)23/h3-5,10H,6H2,1-2H3,(H,14,18)/t10-/m1/s1. The van der Waals surface area contributed by atoms with E-state index >= 15 is 0 Å². The van der Waals surface area contributed by atoms with Gasteiger partial charge >= 0.3 is 11.9 Å². The second kappa shape index (κ2) is 8.33. The van der Waals surface area contributed by atoms with Gasteiger partial charge in [0.1, 0.15) is 6.04 Å². The van der Waals surface area contributed by atoms with E-state index in [4.69, 9.17) is 0 Å². The van der Waals surface area contributed by atoms with Crippen LogP contribution in [0, 0.1) is 20.2 Å². The van der Waals surface area contributed by atoms with Gasteiger partial charge in [-0.1, -0.05) is 0 Å². The van der Waals surface area contributed by atoms with E-state index in [0.29, 0.717) is 6.07 Å². The third kappa shape index (κ3) is 5.23. The van der Waals surface area contributed by atoms with Crippen LogP contribution in [0.2, 0.25) is 0 Å². The van der Waals surface area contributed by atoms with Crippen molar-refractivity contribution in [1.29, 1.82) is 0 Å². The first-order chi connectivity index (χ1) is 11.7. The molecule has 0 radical (unpaired) electrons. The van der Waals surface area contributed by atoms with Crippen LogP contribution < -0.4 is 5.32 Å². The Morgan fingerprint density at radius 2 is 1.56 bits per heavy atom. The molecular formula is C13H13N3O9. The van der Waals surface area contributed by atoms with Crippen LogP contribution in [0.5, 0.6) is 0 Å². The van der Waals surface area contributed by atoms with Crippen molar-refractivity contribution in [3.8, 4) is 0 Å². The number of amides is 1. The molecule has 0 aliphatic rings. The first-order valence-electron chi connectivity index (χ1n) is 6.59. The highest BCUT2D eigenvalue weighted by Gasteiger charge is 2.27. The maximum Gasteiger partial charge on any atom is 0.328 e. The summed E-state index contributed by atoms with van der Waals surface area (Å²) >= 11 is 0. The minimum Gasteiger partial charge on any atom is -0.469 e. The number of nitrogens with zero attached hydrogens (tertiary/aromatic N) is 2. The summed E-state index contributed by atoms with van der Waals surface area (Å²) in [4.78, 5) is 54.9. The van der Waals surface area contributed by atoms with Crippen LogP contribution in [0.15, 0.2) is 18.2 Å². The van der Waals surface area contributed by atoms with Crippen molar-refractivity contribution in [1.82, 2.24) is 5.32 Å². The van der Waals surface area contributed by atoms with Gasteiger partial charge in [-0.05, 0) is 0 Å². The number of carbonyl (C=O) groups is 3. The van der Waals surface area contributed by atoms with E-state index < -0.39 is 57.1 Å². The Bertz CT molecular complexity index is 699. The summed E-state index contributed by atoms with van der Waals surface area (Å²) in [5.74, 6) is -2.81. The number of non-ortho nitro benzene ring substituents is 2. The number of nitro benzene ring substituents is 2. The highest BCUT2D eigenvalue weighted by Crippen LogP contribution is 2.22. The molecule has 1 aromatic rings. The number of benzene rings is 1. The first kappa shape index (κ1) is 19.5. The van der Waals surface area contributed by atoms with Crippen molar-refractivity contribution < 1.29 is 33.7 Å². The fraction of sp³-hybridized carbons (Fsp3) is 0.308. The molecule has 0 fully saturated rings. The van der Waals surface area contributed by atoms with Gasteiger partial charge < -0.3 is 14.8 Å². The Hall–Kier alpha value is -3.57. The van der Waals surface area contributed by atoms with Crippen LogP contribution in [0.3, 0.4) is 0 Å². The molecule has 0 aromatic heterocycles. The molecule has 1 atom stereocenters. The second-order valence-electron chi connectivity index (χ2n) is 4.58. The van der Waals surface area contributed by atoms with E-state index in [1.165, 1.54) is 0 Å². The number of esters is 2. The molecule has 12 heteroatoms. The molecule has 0 unspecified atom stereocenters. The first-order valence-corrected chi connectivity index (χ1v) is 6.59. The second-order valence-corrected chi connectivity index (χ2v) is 4.58. The van der Waals surface area contributed by atoms with Gasteiger partial charge in [0.25, 0.3) is 17.3 Å². The molecule has 0 saturated heterocycles. The van der Waals surface area contributed by atoms with Gasteiger partial charge in [-0.3, -0.25) is 29.8 Å². The van der Waals surface area contributed by atoms with Crippen LogP contribution in [0.1, 0.15) is 16.8 Å². The Morgan fingerprint density at radius 3 is 1.96 bits per heavy atom. The van der Waals surface area contributed by atoms with Gasteiger partial charge in [0, 0.05) is 12.1 Å². The molecule has 25 heavy (non-hydrogen) atoms.